The van der Waals surface area contributed by atoms with Crippen molar-refractivity contribution in [1.82, 2.24) is 5.32 Å². The summed E-state index contributed by atoms with van der Waals surface area (Å²) >= 11 is 0. The third-order valence-corrected chi connectivity index (χ3v) is 2.08. The Morgan fingerprint density at radius 2 is 2.00 bits per heavy atom. The van der Waals surface area contributed by atoms with Crippen molar-refractivity contribution in [1.29, 1.82) is 0 Å². The van der Waals surface area contributed by atoms with Crippen molar-refractivity contribution in [2.45, 2.75) is 38.4 Å². The van der Waals surface area contributed by atoms with Crippen LogP contribution in [-0.2, 0) is 4.74 Å². The van der Waals surface area contributed by atoms with Crippen molar-refractivity contribution in [3.05, 3.63) is 0 Å². The zero-order chi connectivity index (χ0) is 12.4. The maximum absolute atomic E-state index is 11.8. The molecule has 0 spiro atoms. The van der Waals surface area contributed by atoms with Crippen molar-refractivity contribution in [2.75, 3.05) is 20.3 Å². The van der Waals surface area contributed by atoms with Gasteiger partial charge in [0.15, 0.2) is 0 Å². The summed E-state index contributed by atoms with van der Waals surface area (Å²) in [6.45, 7) is 0.712. The summed E-state index contributed by atoms with van der Waals surface area (Å²) in [7, 11) is 1.79. The molecule has 0 aromatic heterocycles. The molecule has 0 radical (unpaired) electrons. The standard InChI is InChI=1S/C11H18F3NO/c1-3-4-5-6-10(15-2)7-8-16-9-11(12,13)14/h10,15H,5-9H2,1-2H3. The first-order valence-corrected chi connectivity index (χ1v) is 5.21. The number of alkyl halides is 3. The van der Waals surface area contributed by atoms with E-state index in [1.165, 1.54) is 0 Å². The third-order valence-electron chi connectivity index (χ3n) is 2.08. The second-order valence-corrected chi connectivity index (χ2v) is 3.41. The first-order chi connectivity index (χ1) is 7.49. The number of rotatable bonds is 7. The molecule has 0 aliphatic carbocycles. The fourth-order valence-corrected chi connectivity index (χ4v) is 1.22. The van der Waals surface area contributed by atoms with Gasteiger partial charge < -0.3 is 10.1 Å². The Hall–Kier alpha value is -0.730. The van der Waals surface area contributed by atoms with Crippen LogP contribution in [-0.4, -0.2) is 32.5 Å². The van der Waals surface area contributed by atoms with Gasteiger partial charge in [-0.1, -0.05) is 0 Å². The first-order valence-electron chi connectivity index (χ1n) is 5.21. The van der Waals surface area contributed by atoms with Gasteiger partial charge >= 0.3 is 6.18 Å². The van der Waals surface area contributed by atoms with Gasteiger partial charge in [0.25, 0.3) is 0 Å². The minimum Gasteiger partial charge on any atom is -0.372 e. The predicted octanol–water partition coefficient (Wildman–Crippen LogP) is 2.35. The molecular weight excluding hydrogens is 219 g/mol. The highest BCUT2D eigenvalue weighted by Gasteiger charge is 2.27. The van der Waals surface area contributed by atoms with Crippen molar-refractivity contribution in [3.8, 4) is 11.8 Å². The van der Waals surface area contributed by atoms with Crippen LogP contribution < -0.4 is 5.32 Å². The summed E-state index contributed by atoms with van der Waals surface area (Å²) in [5.74, 6) is 5.69. The highest BCUT2D eigenvalue weighted by Crippen LogP contribution is 2.14. The average Bonchev–Trinajstić information content (AvgIpc) is 2.20. The Labute approximate surface area is 94.5 Å². The summed E-state index contributed by atoms with van der Waals surface area (Å²) in [4.78, 5) is 0. The number of ether oxygens (including phenoxy) is 1. The van der Waals surface area contributed by atoms with Crippen LogP contribution in [0, 0.1) is 11.8 Å². The zero-order valence-corrected chi connectivity index (χ0v) is 9.66. The normalized spacial score (nSPS) is 13.1. The summed E-state index contributed by atoms with van der Waals surface area (Å²) < 4.78 is 39.8. The SMILES string of the molecule is CC#CCCC(CCOCC(F)(F)F)NC. The topological polar surface area (TPSA) is 21.3 Å². The number of nitrogens with one attached hydrogen (secondary N) is 1. The maximum Gasteiger partial charge on any atom is 0.411 e. The van der Waals surface area contributed by atoms with Crippen LogP contribution in [0.4, 0.5) is 13.2 Å². The number of halogens is 3. The van der Waals surface area contributed by atoms with E-state index in [1.807, 2.05) is 0 Å². The molecule has 5 heteroatoms. The van der Waals surface area contributed by atoms with Crippen molar-refractivity contribution in [3.63, 3.8) is 0 Å². The van der Waals surface area contributed by atoms with Gasteiger partial charge in [-0.25, -0.2) is 0 Å². The lowest BCUT2D eigenvalue weighted by Crippen LogP contribution is -2.27. The van der Waals surface area contributed by atoms with Gasteiger partial charge in [0.2, 0.25) is 0 Å². The molecule has 94 valence electrons. The largest absolute Gasteiger partial charge is 0.411 e. The van der Waals surface area contributed by atoms with Crippen LogP contribution in [0.1, 0.15) is 26.2 Å². The monoisotopic (exact) mass is 237 g/mol. The first kappa shape index (κ1) is 15.3. The quantitative estimate of drug-likeness (QED) is 0.542. The van der Waals surface area contributed by atoms with E-state index in [1.54, 1.807) is 14.0 Å². The minimum absolute atomic E-state index is 0.116. The average molecular weight is 237 g/mol. The Morgan fingerprint density at radius 1 is 1.31 bits per heavy atom. The number of hydrogen-bond acceptors (Lipinski definition) is 2. The summed E-state index contributed by atoms with van der Waals surface area (Å²) in [5, 5.41) is 3.03. The molecule has 0 amide bonds. The highest BCUT2D eigenvalue weighted by atomic mass is 19.4. The molecule has 0 saturated heterocycles. The van der Waals surface area contributed by atoms with Gasteiger partial charge in [0.05, 0.1) is 0 Å². The van der Waals surface area contributed by atoms with Crippen LogP contribution in [0.5, 0.6) is 0 Å². The maximum atomic E-state index is 11.8. The molecule has 1 atom stereocenters. The summed E-state index contributed by atoms with van der Waals surface area (Å²) in [5.41, 5.74) is 0. The van der Waals surface area contributed by atoms with E-state index in [2.05, 4.69) is 21.9 Å². The molecule has 0 rings (SSSR count). The number of hydrogen-bond donors (Lipinski definition) is 1. The molecule has 0 aliphatic rings. The molecule has 1 N–H and O–H groups in total. The summed E-state index contributed by atoms with van der Waals surface area (Å²) in [6.07, 6.45) is -2.09. The molecular formula is C11H18F3NO. The fourth-order valence-electron chi connectivity index (χ4n) is 1.22. The lowest BCUT2D eigenvalue weighted by atomic mass is 10.1. The predicted molar refractivity (Wildman–Crippen MR) is 57.0 cm³/mol. The Morgan fingerprint density at radius 3 is 2.50 bits per heavy atom. The second kappa shape index (κ2) is 8.43. The molecule has 0 aliphatic heterocycles. The second-order valence-electron chi connectivity index (χ2n) is 3.41. The molecule has 1 unspecified atom stereocenters. The van der Waals surface area contributed by atoms with E-state index in [9.17, 15) is 13.2 Å². The molecule has 0 saturated carbocycles. The Bertz CT molecular complexity index is 230. The zero-order valence-electron chi connectivity index (χ0n) is 9.66. The van der Waals surface area contributed by atoms with Gasteiger partial charge in [-0.15, -0.1) is 11.8 Å². The minimum atomic E-state index is -4.23. The molecule has 16 heavy (non-hydrogen) atoms. The fraction of sp³-hybridized carbons (Fsp3) is 0.818. The van der Waals surface area contributed by atoms with Crippen molar-refractivity contribution in [2.24, 2.45) is 0 Å². The van der Waals surface area contributed by atoms with Crippen LogP contribution >= 0.6 is 0 Å². The lowest BCUT2D eigenvalue weighted by molar-refractivity contribution is -0.174. The van der Waals surface area contributed by atoms with Gasteiger partial charge in [-0.2, -0.15) is 13.2 Å². The van der Waals surface area contributed by atoms with Gasteiger partial charge in [0, 0.05) is 19.1 Å². The molecule has 0 bridgehead atoms. The highest BCUT2D eigenvalue weighted by molar-refractivity contribution is 4.95. The third kappa shape index (κ3) is 9.81. The van der Waals surface area contributed by atoms with Gasteiger partial charge in [-0.05, 0) is 26.8 Å². The molecule has 0 aromatic carbocycles. The van der Waals surface area contributed by atoms with E-state index < -0.39 is 12.8 Å². The molecule has 2 nitrogen and oxygen atoms in total. The van der Waals surface area contributed by atoms with E-state index in [0.717, 1.165) is 12.8 Å². The molecule has 0 fully saturated rings. The Kier molecular flexibility index (Phi) is 8.04. The van der Waals surface area contributed by atoms with E-state index in [0.29, 0.717) is 6.42 Å². The van der Waals surface area contributed by atoms with Crippen LogP contribution in [0.25, 0.3) is 0 Å². The van der Waals surface area contributed by atoms with Crippen LogP contribution in [0.2, 0.25) is 0 Å². The van der Waals surface area contributed by atoms with E-state index >= 15 is 0 Å². The molecule has 0 heterocycles. The van der Waals surface area contributed by atoms with E-state index in [4.69, 9.17) is 0 Å². The Balaban J connectivity index is 3.58. The summed E-state index contributed by atoms with van der Waals surface area (Å²) in [6, 6.07) is 0.161. The van der Waals surface area contributed by atoms with Gasteiger partial charge in [0.1, 0.15) is 6.61 Å². The van der Waals surface area contributed by atoms with Crippen molar-refractivity contribution < 1.29 is 17.9 Å². The van der Waals surface area contributed by atoms with E-state index in [-0.39, 0.29) is 12.6 Å². The van der Waals surface area contributed by atoms with Crippen LogP contribution in [0.15, 0.2) is 0 Å². The van der Waals surface area contributed by atoms with Gasteiger partial charge in [-0.3, -0.25) is 0 Å². The molecule has 0 aromatic rings. The van der Waals surface area contributed by atoms with Crippen LogP contribution in [0.3, 0.4) is 0 Å². The smallest absolute Gasteiger partial charge is 0.372 e. The van der Waals surface area contributed by atoms with Crippen molar-refractivity contribution >= 4 is 0 Å². The lowest BCUT2D eigenvalue weighted by Gasteiger charge is -2.15.